The van der Waals surface area contributed by atoms with E-state index in [0.29, 0.717) is 4.90 Å². The van der Waals surface area contributed by atoms with E-state index >= 15 is 0 Å². The van der Waals surface area contributed by atoms with Crippen molar-refractivity contribution >= 4 is 9.73 Å². The summed E-state index contributed by atoms with van der Waals surface area (Å²) in [6.07, 6.45) is 0.775. The van der Waals surface area contributed by atoms with E-state index in [1.165, 1.54) is 0 Å². The van der Waals surface area contributed by atoms with Gasteiger partial charge in [-0.15, -0.1) is 0 Å². The highest BCUT2D eigenvalue weighted by Gasteiger charge is 2.16. The first-order valence-electron chi connectivity index (χ1n) is 4.41. The Morgan fingerprint density at radius 1 is 1.38 bits per heavy atom. The minimum absolute atomic E-state index is 0.0742. The van der Waals surface area contributed by atoms with Gasteiger partial charge in [0.15, 0.2) is 0 Å². The Hall–Kier alpha value is -0.830. The first kappa shape index (κ1) is 10.3. The lowest BCUT2D eigenvalue weighted by molar-refractivity contribution is 0.660. The Balaban J connectivity index is 3.09. The molecule has 1 aromatic carbocycles. The van der Waals surface area contributed by atoms with Gasteiger partial charge in [-0.2, -0.15) is 0 Å². The fourth-order valence-electron chi connectivity index (χ4n) is 1.09. The summed E-state index contributed by atoms with van der Waals surface area (Å²) < 4.78 is 19.8. The summed E-state index contributed by atoms with van der Waals surface area (Å²) in [6, 6.07) is 9.05. The van der Waals surface area contributed by atoms with Crippen LogP contribution in [0.4, 0.5) is 0 Å². The highest BCUT2D eigenvalue weighted by Crippen LogP contribution is 2.17. The number of hydrogen-bond acceptors (Lipinski definition) is 2. The standard InChI is InChI=1S/C10H15NOS/c1-3-9(2)13(11,12)10-7-5-4-6-8-10/h4-9,11H,3H2,1-2H3. The van der Waals surface area contributed by atoms with Crippen LogP contribution in [0.5, 0.6) is 0 Å². The largest absolute Gasteiger partial charge is 0.249 e. The van der Waals surface area contributed by atoms with Crippen molar-refractivity contribution in [3.05, 3.63) is 30.3 Å². The second-order valence-electron chi connectivity index (χ2n) is 3.13. The Labute approximate surface area is 80.0 Å². The van der Waals surface area contributed by atoms with E-state index in [9.17, 15) is 4.21 Å². The lowest BCUT2D eigenvalue weighted by Crippen LogP contribution is -2.15. The molecule has 0 fully saturated rings. The first-order chi connectivity index (χ1) is 6.09. The minimum Gasteiger partial charge on any atom is -0.249 e. The van der Waals surface area contributed by atoms with Crippen molar-refractivity contribution in [2.45, 2.75) is 30.4 Å². The van der Waals surface area contributed by atoms with E-state index in [4.69, 9.17) is 4.78 Å². The van der Waals surface area contributed by atoms with Crippen molar-refractivity contribution in [1.82, 2.24) is 0 Å². The fraction of sp³-hybridized carbons (Fsp3) is 0.400. The van der Waals surface area contributed by atoms with Crippen LogP contribution in [0, 0.1) is 4.78 Å². The lowest BCUT2D eigenvalue weighted by atomic mass is 10.4. The van der Waals surface area contributed by atoms with Gasteiger partial charge in [0.2, 0.25) is 0 Å². The van der Waals surface area contributed by atoms with Crippen molar-refractivity contribution in [1.29, 1.82) is 4.78 Å². The molecule has 0 aromatic heterocycles. The van der Waals surface area contributed by atoms with E-state index in [0.717, 1.165) is 6.42 Å². The number of benzene rings is 1. The molecule has 0 bridgehead atoms. The Morgan fingerprint density at radius 3 is 2.38 bits per heavy atom. The molecule has 0 aliphatic rings. The predicted molar refractivity (Wildman–Crippen MR) is 55.3 cm³/mol. The third-order valence-corrected chi connectivity index (χ3v) is 4.67. The van der Waals surface area contributed by atoms with Gasteiger partial charge in [0.05, 0.1) is 9.73 Å². The Morgan fingerprint density at radius 2 is 1.92 bits per heavy atom. The average Bonchev–Trinajstić information content (AvgIpc) is 2.18. The maximum absolute atomic E-state index is 12.0. The normalized spacial score (nSPS) is 17.7. The highest BCUT2D eigenvalue weighted by molar-refractivity contribution is 7.93. The van der Waals surface area contributed by atoms with Crippen LogP contribution in [0.1, 0.15) is 20.3 Å². The first-order valence-corrected chi connectivity index (χ1v) is 6.04. The van der Waals surface area contributed by atoms with Gasteiger partial charge in [-0.3, -0.25) is 0 Å². The zero-order valence-corrected chi connectivity index (χ0v) is 8.80. The minimum atomic E-state index is -2.59. The second-order valence-corrected chi connectivity index (χ2v) is 5.61. The fourth-order valence-corrected chi connectivity index (χ4v) is 2.59. The van der Waals surface area contributed by atoms with Gasteiger partial charge in [-0.25, -0.2) is 8.99 Å². The van der Waals surface area contributed by atoms with Crippen LogP contribution in [0.3, 0.4) is 0 Å². The van der Waals surface area contributed by atoms with E-state index < -0.39 is 9.73 Å². The molecule has 0 aliphatic heterocycles. The topological polar surface area (TPSA) is 40.9 Å². The summed E-state index contributed by atoms with van der Waals surface area (Å²) in [5.74, 6) is 0. The molecule has 3 heteroatoms. The third-order valence-electron chi connectivity index (χ3n) is 2.23. The SMILES string of the molecule is CCC(C)S(=N)(=O)c1ccccc1. The summed E-state index contributed by atoms with van der Waals surface area (Å²) >= 11 is 0. The molecule has 0 heterocycles. The Kier molecular flexibility index (Phi) is 3.09. The molecular formula is C10H15NOS. The molecule has 2 nitrogen and oxygen atoms in total. The number of rotatable bonds is 3. The summed E-state index contributed by atoms with van der Waals surface area (Å²) in [5, 5.41) is -0.0742. The van der Waals surface area contributed by atoms with Crippen molar-refractivity contribution in [3.63, 3.8) is 0 Å². The van der Waals surface area contributed by atoms with Crippen LogP contribution >= 0.6 is 0 Å². The molecular weight excluding hydrogens is 182 g/mol. The van der Waals surface area contributed by atoms with Crippen molar-refractivity contribution in [2.24, 2.45) is 0 Å². The summed E-state index contributed by atoms with van der Waals surface area (Å²) in [5.41, 5.74) is 0. The molecule has 0 saturated heterocycles. The van der Waals surface area contributed by atoms with Gasteiger partial charge in [0.1, 0.15) is 0 Å². The summed E-state index contributed by atoms with van der Waals surface area (Å²) in [4.78, 5) is 0.643. The van der Waals surface area contributed by atoms with Gasteiger partial charge in [0.25, 0.3) is 0 Å². The molecule has 0 radical (unpaired) electrons. The molecule has 2 unspecified atom stereocenters. The average molecular weight is 197 g/mol. The smallest absolute Gasteiger partial charge is 0.0752 e. The number of nitrogens with one attached hydrogen (secondary N) is 1. The molecule has 0 amide bonds. The van der Waals surface area contributed by atoms with Crippen molar-refractivity contribution in [3.8, 4) is 0 Å². The molecule has 0 spiro atoms. The van der Waals surface area contributed by atoms with Crippen LogP contribution in [-0.2, 0) is 9.73 Å². The van der Waals surface area contributed by atoms with Gasteiger partial charge in [-0.05, 0) is 25.5 Å². The molecule has 0 saturated carbocycles. The number of hydrogen-bond donors (Lipinski definition) is 1. The molecule has 72 valence electrons. The van der Waals surface area contributed by atoms with Gasteiger partial charge >= 0.3 is 0 Å². The third kappa shape index (κ3) is 2.10. The predicted octanol–water partition coefficient (Wildman–Crippen LogP) is 2.89. The quantitative estimate of drug-likeness (QED) is 0.795. The van der Waals surface area contributed by atoms with Crippen LogP contribution in [0.25, 0.3) is 0 Å². The second kappa shape index (κ2) is 3.92. The summed E-state index contributed by atoms with van der Waals surface area (Å²) in [7, 11) is -2.59. The van der Waals surface area contributed by atoms with E-state index in [-0.39, 0.29) is 5.25 Å². The van der Waals surface area contributed by atoms with E-state index in [1.54, 1.807) is 12.1 Å². The van der Waals surface area contributed by atoms with Crippen LogP contribution in [0.2, 0.25) is 0 Å². The molecule has 13 heavy (non-hydrogen) atoms. The Bertz CT molecular complexity index is 356. The van der Waals surface area contributed by atoms with Crippen molar-refractivity contribution < 1.29 is 4.21 Å². The van der Waals surface area contributed by atoms with Crippen LogP contribution in [-0.4, -0.2) is 9.46 Å². The van der Waals surface area contributed by atoms with E-state index in [2.05, 4.69) is 0 Å². The molecule has 0 aliphatic carbocycles. The lowest BCUT2D eigenvalue weighted by Gasteiger charge is -2.13. The van der Waals surface area contributed by atoms with Crippen LogP contribution < -0.4 is 0 Å². The zero-order chi connectivity index (χ0) is 9.90. The monoisotopic (exact) mass is 197 g/mol. The van der Waals surface area contributed by atoms with E-state index in [1.807, 2.05) is 32.0 Å². The maximum atomic E-state index is 12.0. The zero-order valence-electron chi connectivity index (χ0n) is 7.99. The van der Waals surface area contributed by atoms with Crippen molar-refractivity contribution in [2.75, 3.05) is 0 Å². The molecule has 1 rings (SSSR count). The highest BCUT2D eigenvalue weighted by atomic mass is 32.2. The maximum Gasteiger partial charge on any atom is 0.0752 e. The van der Waals surface area contributed by atoms with Gasteiger partial charge in [-0.1, -0.05) is 25.1 Å². The summed E-state index contributed by atoms with van der Waals surface area (Å²) in [6.45, 7) is 3.82. The van der Waals surface area contributed by atoms with Crippen LogP contribution in [0.15, 0.2) is 35.2 Å². The molecule has 1 aromatic rings. The van der Waals surface area contributed by atoms with Gasteiger partial charge in [0, 0.05) is 10.1 Å². The van der Waals surface area contributed by atoms with Gasteiger partial charge < -0.3 is 0 Å². The molecule has 2 atom stereocenters. The molecule has 1 N–H and O–H groups in total.